The molecule has 1 rings (SSSR count). The summed E-state index contributed by atoms with van der Waals surface area (Å²) in [5.74, 6) is -0.678. The molecule has 0 saturated carbocycles. The zero-order valence-corrected chi connectivity index (χ0v) is 11.4. The number of carbonyl (C=O) groups excluding carboxylic acids is 2. The van der Waals surface area contributed by atoms with Gasteiger partial charge in [-0.2, -0.15) is 0 Å². The first-order valence-electron chi connectivity index (χ1n) is 5.81. The van der Waals surface area contributed by atoms with Gasteiger partial charge in [0, 0.05) is 23.7 Å². The summed E-state index contributed by atoms with van der Waals surface area (Å²) >= 11 is 5.83. The summed E-state index contributed by atoms with van der Waals surface area (Å²) in [6.07, 6.45) is 0.0861. The molecular weight excluding hydrogens is 270 g/mol. The molecule has 6 heteroatoms. The SMILES string of the molecule is COC(=O)CCN(CCO)C(=O)c1cccc(Cl)c1. The maximum Gasteiger partial charge on any atom is 0.307 e. The van der Waals surface area contributed by atoms with Crippen LogP contribution in [0.25, 0.3) is 0 Å². The van der Waals surface area contributed by atoms with Gasteiger partial charge in [0.05, 0.1) is 20.1 Å². The fraction of sp³-hybridized carbons (Fsp3) is 0.385. The molecule has 0 aliphatic carbocycles. The predicted molar refractivity (Wildman–Crippen MR) is 71.1 cm³/mol. The van der Waals surface area contributed by atoms with Crippen LogP contribution in [0.1, 0.15) is 16.8 Å². The largest absolute Gasteiger partial charge is 0.469 e. The predicted octanol–water partition coefficient (Wildman–Crippen LogP) is 1.34. The van der Waals surface area contributed by atoms with Crippen molar-refractivity contribution in [3.05, 3.63) is 34.9 Å². The second-order valence-corrected chi connectivity index (χ2v) is 4.29. The summed E-state index contributed by atoms with van der Waals surface area (Å²) < 4.78 is 4.52. The fourth-order valence-electron chi connectivity index (χ4n) is 1.57. The summed E-state index contributed by atoms with van der Waals surface area (Å²) in [7, 11) is 1.29. The van der Waals surface area contributed by atoms with Crippen molar-refractivity contribution in [1.29, 1.82) is 0 Å². The Morgan fingerprint density at radius 1 is 1.37 bits per heavy atom. The van der Waals surface area contributed by atoms with Gasteiger partial charge in [-0.1, -0.05) is 17.7 Å². The molecule has 1 aromatic carbocycles. The van der Waals surface area contributed by atoms with Crippen molar-refractivity contribution in [1.82, 2.24) is 4.90 Å². The lowest BCUT2D eigenvalue weighted by atomic mass is 10.2. The van der Waals surface area contributed by atoms with E-state index < -0.39 is 5.97 Å². The Balaban J connectivity index is 2.74. The molecule has 1 aromatic rings. The molecule has 0 aliphatic rings. The number of hydrogen-bond donors (Lipinski definition) is 1. The van der Waals surface area contributed by atoms with E-state index in [0.29, 0.717) is 10.6 Å². The van der Waals surface area contributed by atoms with Crippen LogP contribution >= 0.6 is 11.6 Å². The van der Waals surface area contributed by atoms with Crippen LogP contribution < -0.4 is 0 Å². The van der Waals surface area contributed by atoms with Crippen molar-refractivity contribution in [2.75, 3.05) is 26.8 Å². The second kappa shape index (κ2) is 7.76. The molecule has 0 bridgehead atoms. The Kier molecular flexibility index (Phi) is 6.32. The van der Waals surface area contributed by atoms with Gasteiger partial charge in [0.2, 0.25) is 0 Å². The lowest BCUT2D eigenvalue weighted by molar-refractivity contribution is -0.140. The van der Waals surface area contributed by atoms with Crippen LogP contribution in [-0.2, 0) is 9.53 Å². The first kappa shape index (κ1) is 15.5. The number of aliphatic hydroxyl groups is 1. The molecule has 0 aliphatic heterocycles. The van der Waals surface area contributed by atoms with Gasteiger partial charge in [-0.25, -0.2) is 0 Å². The smallest absolute Gasteiger partial charge is 0.307 e. The normalized spacial score (nSPS) is 10.1. The van der Waals surface area contributed by atoms with Gasteiger partial charge in [0.25, 0.3) is 5.91 Å². The van der Waals surface area contributed by atoms with E-state index in [1.807, 2.05) is 0 Å². The van der Waals surface area contributed by atoms with Crippen molar-refractivity contribution >= 4 is 23.5 Å². The highest BCUT2D eigenvalue weighted by Crippen LogP contribution is 2.13. The number of ether oxygens (including phenoxy) is 1. The highest BCUT2D eigenvalue weighted by Gasteiger charge is 2.16. The minimum absolute atomic E-state index is 0.0861. The number of halogens is 1. The number of amides is 1. The highest BCUT2D eigenvalue weighted by atomic mass is 35.5. The second-order valence-electron chi connectivity index (χ2n) is 3.85. The molecule has 0 radical (unpaired) electrons. The minimum Gasteiger partial charge on any atom is -0.469 e. The van der Waals surface area contributed by atoms with Gasteiger partial charge in [0.15, 0.2) is 0 Å². The third kappa shape index (κ3) is 4.89. The Morgan fingerprint density at radius 2 is 2.11 bits per heavy atom. The third-order valence-electron chi connectivity index (χ3n) is 2.54. The molecule has 0 heterocycles. The van der Waals surface area contributed by atoms with Crippen LogP contribution in [0, 0.1) is 0 Å². The Bertz CT molecular complexity index is 450. The van der Waals surface area contributed by atoms with Gasteiger partial charge in [-0.15, -0.1) is 0 Å². The molecule has 19 heavy (non-hydrogen) atoms. The summed E-state index contributed by atoms with van der Waals surface area (Å²) in [5, 5.41) is 9.43. The minimum atomic E-state index is -0.401. The number of benzene rings is 1. The maximum absolute atomic E-state index is 12.2. The molecule has 1 amide bonds. The average Bonchev–Trinajstić information content (AvgIpc) is 2.42. The molecule has 0 spiro atoms. The molecule has 0 atom stereocenters. The lowest BCUT2D eigenvalue weighted by Crippen LogP contribution is -2.35. The molecular formula is C13H16ClNO4. The van der Waals surface area contributed by atoms with Crippen LogP contribution in [0.3, 0.4) is 0 Å². The van der Waals surface area contributed by atoms with Crippen molar-refractivity contribution in [2.45, 2.75) is 6.42 Å². The number of rotatable bonds is 6. The van der Waals surface area contributed by atoms with E-state index in [0.717, 1.165) is 0 Å². The summed E-state index contributed by atoms with van der Waals surface area (Å²) in [6.45, 7) is 0.175. The number of carbonyl (C=O) groups is 2. The van der Waals surface area contributed by atoms with E-state index in [-0.39, 0.29) is 32.0 Å². The van der Waals surface area contributed by atoms with Crippen molar-refractivity contribution in [3.8, 4) is 0 Å². The monoisotopic (exact) mass is 285 g/mol. The van der Waals surface area contributed by atoms with E-state index in [4.69, 9.17) is 16.7 Å². The number of esters is 1. The fourth-order valence-corrected chi connectivity index (χ4v) is 1.76. The molecule has 0 unspecified atom stereocenters. The van der Waals surface area contributed by atoms with Gasteiger partial charge in [-0.3, -0.25) is 9.59 Å². The van der Waals surface area contributed by atoms with Gasteiger partial charge >= 0.3 is 5.97 Å². The zero-order valence-electron chi connectivity index (χ0n) is 10.6. The van der Waals surface area contributed by atoms with Gasteiger partial charge in [0.1, 0.15) is 0 Å². The average molecular weight is 286 g/mol. The molecule has 5 nitrogen and oxygen atoms in total. The lowest BCUT2D eigenvalue weighted by Gasteiger charge is -2.21. The van der Waals surface area contributed by atoms with Crippen molar-refractivity contribution < 1.29 is 19.4 Å². The first-order valence-corrected chi connectivity index (χ1v) is 6.18. The van der Waals surface area contributed by atoms with E-state index in [1.54, 1.807) is 24.3 Å². The van der Waals surface area contributed by atoms with Crippen molar-refractivity contribution in [2.24, 2.45) is 0 Å². The van der Waals surface area contributed by atoms with Crippen LogP contribution in [0.15, 0.2) is 24.3 Å². The summed E-state index contributed by atoms with van der Waals surface area (Å²) in [5.41, 5.74) is 0.422. The first-order chi connectivity index (χ1) is 9.08. The molecule has 104 valence electrons. The molecule has 1 N–H and O–H groups in total. The number of hydrogen-bond acceptors (Lipinski definition) is 4. The van der Waals surface area contributed by atoms with Crippen LogP contribution in [-0.4, -0.2) is 48.7 Å². The Morgan fingerprint density at radius 3 is 2.68 bits per heavy atom. The molecule has 0 saturated heterocycles. The Hall–Kier alpha value is -1.59. The van der Waals surface area contributed by atoms with Crippen LogP contribution in [0.4, 0.5) is 0 Å². The van der Waals surface area contributed by atoms with Crippen molar-refractivity contribution in [3.63, 3.8) is 0 Å². The number of nitrogens with zero attached hydrogens (tertiary/aromatic N) is 1. The standard InChI is InChI=1S/C13H16ClNO4/c1-19-12(17)5-6-15(7-8-16)13(18)10-3-2-4-11(14)9-10/h2-4,9,16H,5-8H2,1H3. The third-order valence-corrected chi connectivity index (χ3v) is 2.78. The van der Waals surface area contributed by atoms with Crippen LogP contribution in [0.2, 0.25) is 5.02 Å². The van der Waals surface area contributed by atoms with E-state index in [1.165, 1.54) is 12.0 Å². The zero-order chi connectivity index (χ0) is 14.3. The summed E-state index contributed by atoms with van der Waals surface area (Å²) in [4.78, 5) is 24.7. The number of aliphatic hydroxyl groups excluding tert-OH is 1. The summed E-state index contributed by atoms with van der Waals surface area (Å²) in [6, 6.07) is 6.53. The topological polar surface area (TPSA) is 66.8 Å². The van der Waals surface area contributed by atoms with Gasteiger partial charge in [-0.05, 0) is 18.2 Å². The van der Waals surface area contributed by atoms with E-state index >= 15 is 0 Å². The van der Waals surface area contributed by atoms with E-state index in [9.17, 15) is 9.59 Å². The maximum atomic E-state index is 12.2. The van der Waals surface area contributed by atoms with E-state index in [2.05, 4.69) is 4.74 Å². The molecule has 0 fully saturated rings. The molecule has 0 aromatic heterocycles. The van der Waals surface area contributed by atoms with Gasteiger partial charge < -0.3 is 14.7 Å². The number of methoxy groups -OCH3 is 1. The highest BCUT2D eigenvalue weighted by molar-refractivity contribution is 6.30. The quantitative estimate of drug-likeness (QED) is 0.801. The van der Waals surface area contributed by atoms with Crippen LogP contribution in [0.5, 0.6) is 0 Å². The Labute approximate surface area is 116 Å².